The van der Waals surface area contributed by atoms with E-state index in [-0.39, 0.29) is 21.7 Å². The maximum atomic E-state index is 2.41. The lowest BCUT2D eigenvalue weighted by Gasteiger charge is -2.28. The van der Waals surface area contributed by atoms with Crippen molar-refractivity contribution in [3.05, 3.63) is 186 Å². The lowest BCUT2D eigenvalue weighted by Crippen LogP contribution is -2.16. The lowest BCUT2D eigenvalue weighted by atomic mass is 9.78. The molecular formula is C57H59N. The number of hydrogen-bond donors (Lipinski definition) is 0. The van der Waals surface area contributed by atoms with Gasteiger partial charge in [-0.25, -0.2) is 0 Å². The van der Waals surface area contributed by atoms with Crippen LogP contribution >= 0.6 is 0 Å². The largest absolute Gasteiger partial charge is 0.310 e. The summed E-state index contributed by atoms with van der Waals surface area (Å²) in [6, 6.07) is 59.3. The van der Waals surface area contributed by atoms with E-state index in [1.54, 1.807) is 0 Å². The van der Waals surface area contributed by atoms with Crippen molar-refractivity contribution in [1.82, 2.24) is 0 Å². The van der Waals surface area contributed by atoms with Crippen molar-refractivity contribution in [2.75, 3.05) is 4.90 Å². The highest BCUT2D eigenvalue weighted by molar-refractivity contribution is 5.86. The Morgan fingerprint density at radius 2 is 0.793 bits per heavy atom. The molecule has 0 fully saturated rings. The monoisotopic (exact) mass is 757 g/mol. The number of rotatable bonds is 6. The van der Waals surface area contributed by atoms with Crippen molar-refractivity contribution in [2.24, 2.45) is 0 Å². The summed E-state index contributed by atoms with van der Waals surface area (Å²) in [5.74, 6) is 0. The zero-order chi connectivity index (χ0) is 41.2. The van der Waals surface area contributed by atoms with Crippen LogP contribution < -0.4 is 4.90 Å². The van der Waals surface area contributed by atoms with Crippen molar-refractivity contribution in [3.63, 3.8) is 0 Å². The third kappa shape index (κ3) is 7.44. The summed E-state index contributed by atoms with van der Waals surface area (Å²) < 4.78 is 0. The predicted molar refractivity (Wildman–Crippen MR) is 251 cm³/mol. The van der Waals surface area contributed by atoms with Gasteiger partial charge in [-0.1, -0.05) is 191 Å². The van der Waals surface area contributed by atoms with E-state index in [0.717, 1.165) is 17.1 Å². The smallest absolute Gasteiger partial charge is 0.0467 e. The van der Waals surface area contributed by atoms with Crippen LogP contribution in [0.15, 0.2) is 158 Å². The Kier molecular flexibility index (Phi) is 9.67. The average Bonchev–Trinajstić information content (AvgIpc) is 3.42. The Balaban J connectivity index is 1.17. The first-order valence-corrected chi connectivity index (χ1v) is 21.0. The highest BCUT2D eigenvalue weighted by atomic mass is 15.1. The Hall–Kier alpha value is -5.66. The fourth-order valence-corrected chi connectivity index (χ4v) is 8.59. The van der Waals surface area contributed by atoms with Gasteiger partial charge in [-0.3, -0.25) is 0 Å². The van der Waals surface area contributed by atoms with E-state index in [1.165, 1.54) is 72.3 Å². The summed E-state index contributed by atoms with van der Waals surface area (Å²) >= 11 is 0. The number of benzene rings is 7. The van der Waals surface area contributed by atoms with Gasteiger partial charge in [0.1, 0.15) is 0 Å². The van der Waals surface area contributed by atoms with Gasteiger partial charge < -0.3 is 4.90 Å². The van der Waals surface area contributed by atoms with Gasteiger partial charge in [0.25, 0.3) is 0 Å². The van der Waals surface area contributed by atoms with Crippen LogP contribution in [0, 0.1) is 0 Å². The number of anilines is 3. The zero-order valence-corrected chi connectivity index (χ0v) is 36.5. The first-order chi connectivity index (χ1) is 27.4. The molecule has 0 aliphatic heterocycles. The Bertz CT molecular complexity index is 2590. The number of fused-ring (bicyclic) bond motifs is 3. The van der Waals surface area contributed by atoms with Gasteiger partial charge in [0.2, 0.25) is 0 Å². The van der Waals surface area contributed by atoms with Crippen molar-refractivity contribution in [1.29, 1.82) is 0 Å². The first kappa shape index (κ1) is 39.2. The van der Waals surface area contributed by atoms with Gasteiger partial charge >= 0.3 is 0 Å². The molecule has 58 heavy (non-hydrogen) atoms. The summed E-state index contributed by atoms with van der Waals surface area (Å²) in [6.45, 7) is 25.6. The van der Waals surface area contributed by atoms with E-state index in [0.29, 0.717) is 0 Å². The Labute approximate surface area is 348 Å². The Morgan fingerprint density at radius 1 is 0.328 bits per heavy atom. The van der Waals surface area contributed by atoms with Crippen LogP contribution in [-0.2, 0) is 21.7 Å². The summed E-state index contributed by atoms with van der Waals surface area (Å²) in [7, 11) is 0. The zero-order valence-electron chi connectivity index (χ0n) is 36.5. The number of nitrogens with zero attached hydrogens (tertiary/aromatic N) is 1. The van der Waals surface area contributed by atoms with E-state index in [4.69, 9.17) is 0 Å². The lowest BCUT2D eigenvalue weighted by molar-refractivity contribution is 0.569. The van der Waals surface area contributed by atoms with Crippen molar-refractivity contribution in [3.8, 4) is 44.5 Å². The second-order valence-electron chi connectivity index (χ2n) is 20.0. The van der Waals surface area contributed by atoms with Crippen LogP contribution in [-0.4, -0.2) is 0 Å². The van der Waals surface area contributed by atoms with Crippen molar-refractivity contribution in [2.45, 2.75) is 97.8 Å². The van der Waals surface area contributed by atoms with Crippen LogP contribution in [0.2, 0.25) is 0 Å². The fourth-order valence-electron chi connectivity index (χ4n) is 8.59. The standard InChI is InChI=1S/C57H59N/c1-54(2,3)44-31-41(30-42(32-44)43-33-45(55(4,5)6)36-46(34-43)56(7,8)9)39-26-24-38(25-27-39)40-18-17-21-48(35-40)58(47-19-13-12-14-20-47)49-28-29-51-50-22-15-16-23-52(50)57(10,11)53(51)37-49/h12-37H,1-11H3. The first-order valence-electron chi connectivity index (χ1n) is 21.0. The summed E-state index contributed by atoms with van der Waals surface area (Å²) in [5, 5.41) is 0. The normalized spacial score (nSPS) is 13.6. The van der Waals surface area contributed by atoms with Gasteiger partial charge in [0.05, 0.1) is 0 Å². The van der Waals surface area contributed by atoms with Crippen LogP contribution in [0.1, 0.15) is 104 Å². The summed E-state index contributed by atoms with van der Waals surface area (Å²) in [5.41, 5.74) is 20.4. The molecule has 1 nitrogen and oxygen atoms in total. The molecule has 0 atom stereocenters. The minimum Gasteiger partial charge on any atom is -0.310 e. The van der Waals surface area contributed by atoms with Crippen molar-refractivity contribution >= 4 is 17.1 Å². The molecule has 0 radical (unpaired) electrons. The maximum absolute atomic E-state index is 2.41. The second-order valence-corrected chi connectivity index (χ2v) is 20.0. The molecule has 8 rings (SSSR count). The topological polar surface area (TPSA) is 3.24 Å². The molecule has 0 saturated heterocycles. The molecule has 1 heteroatoms. The van der Waals surface area contributed by atoms with E-state index >= 15 is 0 Å². The quantitative estimate of drug-likeness (QED) is 0.163. The van der Waals surface area contributed by atoms with Gasteiger partial charge in [-0.05, 0) is 131 Å². The molecule has 292 valence electrons. The Morgan fingerprint density at radius 3 is 1.40 bits per heavy atom. The van der Waals surface area contributed by atoms with Gasteiger partial charge in [0, 0.05) is 22.5 Å². The van der Waals surface area contributed by atoms with Crippen LogP contribution in [0.4, 0.5) is 17.1 Å². The SMILES string of the molecule is CC(C)(C)c1cc(-c2ccc(-c3cccc(N(c4ccccc4)c4ccc5c(c4)C(C)(C)c4ccccc4-5)c3)cc2)cc(-c2cc(C(C)(C)C)cc(C(C)(C)C)c2)c1. The molecule has 1 aliphatic carbocycles. The van der Waals surface area contributed by atoms with E-state index in [1.807, 2.05) is 0 Å². The third-order valence-corrected chi connectivity index (χ3v) is 12.3. The minimum absolute atomic E-state index is 0.00281. The molecule has 0 unspecified atom stereocenters. The summed E-state index contributed by atoms with van der Waals surface area (Å²) in [6.07, 6.45) is 0. The molecule has 0 aromatic heterocycles. The highest BCUT2D eigenvalue weighted by Crippen LogP contribution is 2.51. The van der Waals surface area contributed by atoms with Gasteiger partial charge in [-0.15, -0.1) is 0 Å². The molecule has 0 heterocycles. The fraction of sp³-hybridized carbons (Fsp3) is 0.263. The highest BCUT2D eigenvalue weighted by Gasteiger charge is 2.35. The number of para-hydroxylation sites is 1. The van der Waals surface area contributed by atoms with Crippen molar-refractivity contribution < 1.29 is 0 Å². The molecule has 0 spiro atoms. The second kappa shape index (κ2) is 14.3. The molecule has 7 aromatic carbocycles. The summed E-state index contributed by atoms with van der Waals surface area (Å²) in [4.78, 5) is 2.40. The maximum Gasteiger partial charge on any atom is 0.0467 e. The average molecular weight is 758 g/mol. The van der Waals surface area contributed by atoms with E-state index < -0.39 is 0 Å². The van der Waals surface area contributed by atoms with Gasteiger partial charge in [-0.2, -0.15) is 0 Å². The van der Waals surface area contributed by atoms with E-state index in [2.05, 4.69) is 239 Å². The minimum atomic E-state index is -0.0765. The molecule has 0 amide bonds. The van der Waals surface area contributed by atoms with Crippen LogP contribution in [0.3, 0.4) is 0 Å². The predicted octanol–water partition coefficient (Wildman–Crippen LogP) is 16.4. The van der Waals surface area contributed by atoms with Crippen LogP contribution in [0.5, 0.6) is 0 Å². The van der Waals surface area contributed by atoms with Crippen LogP contribution in [0.25, 0.3) is 44.5 Å². The van der Waals surface area contributed by atoms with E-state index in [9.17, 15) is 0 Å². The third-order valence-electron chi connectivity index (χ3n) is 12.3. The molecule has 1 aliphatic rings. The molecule has 0 bridgehead atoms. The number of hydrogen-bond acceptors (Lipinski definition) is 1. The molecule has 7 aromatic rings. The van der Waals surface area contributed by atoms with Gasteiger partial charge in [0.15, 0.2) is 0 Å². The molecule has 0 saturated carbocycles. The molecule has 0 N–H and O–H groups in total. The molecular weight excluding hydrogens is 699 g/mol.